The molecule has 0 radical (unpaired) electrons. The van der Waals surface area contributed by atoms with Gasteiger partial charge in [-0.2, -0.15) is 13.2 Å². The Hall–Kier alpha value is -2.96. The maximum Gasteiger partial charge on any atom is 0.416 e. The van der Waals surface area contributed by atoms with Crippen LogP contribution in [0.4, 0.5) is 18.9 Å². The Morgan fingerprint density at radius 1 is 1.23 bits per heavy atom. The van der Waals surface area contributed by atoms with E-state index in [2.05, 4.69) is 0 Å². The monoisotopic (exact) mass is 417 g/mol. The van der Waals surface area contributed by atoms with E-state index in [1.54, 1.807) is 0 Å². The fraction of sp³-hybridized carbons (Fsp3) is 0.348. The number of carboxylic acid groups (broad SMARTS) is 1. The molecule has 2 aromatic carbocycles. The van der Waals surface area contributed by atoms with Crippen LogP contribution in [0.3, 0.4) is 0 Å². The first-order chi connectivity index (χ1) is 14.1. The molecular formula is C23H22F3NO3. The Labute approximate surface area is 172 Å². The molecule has 0 aromatic heterocycles. The molecule has 0 amide bonds. The van der Waals surface area contributed by atoms with E-state index in [-0.39, 0.29) is 11.7 Å². The minimum absolute atomic E-state index is 0.215. The molecule has 0 aliphatic carbocycles. The number of halogens is 3. The highest BCUT2D eigenvalue weighted by molar-refractivity contribution is 5.86. The molecule has 0 bridgehead atoms. The van der Waals surface area contributed by atoms with E-state index >= 15 is 0 Å². The number of nitrogens with zero attached hydrogens (tertiary/aromatic N) is 1. The van der Waals surface area contributed by atoms with Crippen LogP contribution in [-0.4, -0.2) is 29.8 Å². The number of fused-ring (bicyclic) bond motifs is 1. The maximum absolute atomic E-state index is 13.2. The van der Waals surface area contributed by atoms with Crippen LogP contribution in [0.2, 0.25) is 0 Å². The number of anilines is 1. The van der Waals surface area contributed by atoms with Crippen molar-refractivity contribution in [1.29, 1.82) is 0 Å². The van der Waals surface area contributed by atoms with Gasteiger partial charge in [-0.05, 0) is 54.8 Å². The fourth-order valence-electron chi connectivity index (χ4n) is 3.80. The van der Waals surface area contributed by atoms with Crippen LogP contribution in [0.25, 0.3) is 5.57 Å². The normalized spacial score (nSPS) is 21.4. The third-order valence-corrected chi connectivity index (χ3v) is 5.85. The fourth-order valence-corrected chi connectivity index (χ4v) is 3.80. The van der Waals surface area contributed by atoms with Crippen molar-refractivity contribution in [2.75, 3.05) is 18.0 Å². The van der Waals surface area contributed by atoms with Crippen LogP contribution < -0.4 is 9.64 Å². The Bertz CT molecular complexity index is 1020. The van der Waals surface area contributed by atoms with Crippen molar-refractivity contribution < 1.29 is 27.8 Å². The van der Waals surface area contributed by atoms with E-state index < -0.39 is 23.3 Å². The Balaban J connectivity index is 1.73. The largest absolute Gasteiger partial charge is 0.483 e. The lowest BCUT2D eigenvalue weighted by Crippen LogP contribution is -2.50. The highest BCUT2D eigenvalue weighted by Gasteiger charge is 2.36. The summed E-state index contributed by atoms with van der Waals surface area (Å²) in [5, 5.41) is 9.10. The van der Waals surface area contributed by atoms with E-state index in [1.807, 2.05) is 49.1 Å². The van der Waals surface area contributed by atoms with Crippen molar-refractivity contribution in [1.82, 2.24) is 0 Å². The van der Waals surface area contributed by atoms with Crippen LogP contribution in [0, 0.1) is 5.92 Å². The summed E-state index contributed by atoms with van der Waals surface area (Å²) in [6, 6.07) is 11.2. The zero-order chi connectivity index (χ0) is 21.7. The summed E-state index contributed by atoms with van der Waals surface area (Å²) in [6.45, 7) is 4.67. The zero-order valence-electron chi connectivity index (χ0n) is 16.7. The summed E-state index contributed by atoms with van der Waals surface area (Å²) < 4.78 is 45.6. The highest BCUT2D eigenvalue weighted by Crippen LogP contribution is 2.44. The topological polar surface area (TPSA) is 49.8 Å². The van der Waals surface area contributed by atoms with Gasteiger partial charge in [0.05, 0.1) is 11.5 Å². The van der Waals surface area contributed by atoms with Crippen molar-refractivity contribution in [3.63, 3.8) is 0 Å². The van der Waals surface area contributed by atoms with Crippen LogP contribution in [-0.2, 0) is 11.0 Å². The van der Waals surface area contributed by atoms with Crippen molar-refractivity contribution in [2.45, 2.75) is 32.0 Å². The average molecular weight is 417 g/mol. The maximum atomic E-state index is 13.2. The van der Waals surface area contributed by atoms with Gasteiger partial charge < -0.3 is 14.7 Å². The molecule has 1 saturated heterocycles. The molecule has 7 heteroatoms. The summed E-state index contributed by atoms with van der Waals surface area (Å²) in [4.78, 5) is 13.1. The quantitative estimate of drug-likeness (QED) is 0.741. The Kier molecular flexibility index (Phi) is 4.79. The van der Waals surface area contributed by atoms with Crippen molar-refractivity contribution in [2.24, 2.45) is 5.92 Å². The SMILES string of the molecule is CCC1(C)C=C(c2cccc(N3CC(C(=O)O)C3)c2)c2ccc(C(F)(F)F)cc2O1. The van der Waals surface area contributed by atoms with Gasteiger partial charge in [0.1, 0.15) is 11.4 Å². The molecule has 2 aromatic rings. The lowest BCUT2D eigenvalue weighted by molar-refractivity contribution is -0.142. The second kappa shape index (κ2) is 7.07. The molecule has 4 nitrogen and oxygen atoms in total. The van der Waals surface area contributed by atoms with Gasteiger partial charge >= 0.3 is 12.1 Å². The number of carbonyl (C=O) groups is 1. The second-order valence-electron chi connectivity index (χ2n) is 8.03. The van der Waals surface area contributed by atoms with Crippen molar-refractivity contribution in [3.8, 4) is 5.75 Å². The predicted octanol–water partition coefficient (Wildman–Crippen LogP) is 5.22. The Morgan fingerprint density at radius 2 is 1.97 bits per heavy atom. The predicted molar refractivity (Wildman–Crippen MR) is 108 cm³/mol. The highest BCUT2D eigenvalue weighted by atomic mass is 19.4. The second-order valence-corrected chi connectivity index (χ2v) is 8.03. The van der Waals surface area contributed by atoms with E-state index in [0.29, 0.717) is 25.1 Å². The molecular weight excluding hydrogens is 395 g/mol. The third kappa shape index (κ3) is 3.64. The Morgan fingerprint density at radius 3 is 2.60 bits per heavy atom. The first kappa shape index (κ1) is 20.3. The summed E-state index contributed by atoms with van der Waals surface area (Å²) in [6.07, 6.45) is -1.89. The first-order valence-corrected chi connectivity index (χ1v) is 9.81. The van der Waals surface area contributed by atoms with Gasteiger partial charge in [0.15, 0.2) is 0 Å². The third-order valence-electron chi connectivity index (χ3n) is 5.85. The van der Waals surface area contributed by atoms with E-state index in [9.17, 15) is 18.0 Å². The van der Waals surface area contributed by atoms with Crippen LogP contribution >= 0.6 is 0 Å². The van der Waals surface area contributed by atoms with Gasteiger partial charge in [0.25, 0.3) is 0 Å². The molecule has 158 valence electrons. The lowest BCUT2D eigenvalue weighted by atomic mass is 9.87. The first-order valence-electron chi connectivity index (χ1n) is 9.81. The van der Waals surface area contributed by atoms with Crippen LogP contribution in [0.15, 0.2) is 48.5 Å². The minimum Gasteiger partial charge on any atom is -0.483 e. The molecule has 30 heavy (non-hydrogen) atoms. The zero-order valence-corrected chi connectivity index (χ0v) is 16.7. The smallest absolute Gasteiger partial charge is 0.416 e. The number of aliphatic carboxylic acids is 1. The molecule has 2 aliphatic rings. The molecule has 2 heterocycles. The van der Waals surface area contributed by atoms with Gasteiger partial charge in [0.2, 0.25) is 0 Å². The summed E-state index contributed by atoms with van der Waals surface area (Å²) in [7, 11) is 0. The van der Waals surface area contributed by atoms with Crippen molar-refractivity contribution in [3.05, 3.63) is 65.2 Å². The molecule has 0 spiro atoms. The molecule has 1 atom stereocenters. The van der Waals surface area contributed by atoms with Gasteiger partial charge in [-0.3, -0.25) is 4.79 Å². The van der Waals surface area contributed by atoms with E-state index in [4.69, 9.17) is 9.84 Å². The standard InChI is InChI=1S/C23H22F3NO3/c1-3-22(2)11-19(18-8-7-16(23(24,25)26)10-20(18)30-22)14-5-4-6-17(9-14)27-12-15(13-27)21(28)29/h4-11,15H,3,12-13H2,1-2H3,(H,28,29). The lowest BCUT2D eigenvalue weighted by Gasteiger charge is -2.39. The van der Waals surface area contributed by atoms with Gasteiger partial charge in [-0.1, -0.05) is 25.1 Å². The number of hydrogen-bond acceptors (Lipinski definition) is 3. The molecule has 0 saturated carbocycles. The van der Waals surface area contributed by atoms with Gasteiger partial charge in [0, 0.05) is 24.3 Å². The summed E-state index contributed by atoms with van der Waals surface area (Å²) in [5.41, 5.74) is 1.70. The number of ether oxygens (including phenoxy) is 1. The van der Waals surface area contributed by atoms with Crippen molar-refractivity contribution >= 4 is 17.2 Å². The molecule has 4 rings (SSSR count). The minimum atomic E-state index is -4.44. The number of benzene rings is 2. The van der Waals surface area contributed by atoms with E-state index in [1.165, 1.54) is 6.07 Å². The number of rotatable bonds is 4. The molecule has 2 aliphatic heterocycles. The summed E-state index contributed by atoms with van der Waals surface area (Å²) in [5.74, 6) is -0.963. The molecule has 1 unspecified atom stereocenters. The molecule has 1 fully saturated rings. The van der Waals surface area contributed by atoms with Crippen LogP contribution in [0.5, 0.6) is 5.75 Å². The van der Waals surface area contributed by atoms with Gasteiger partial charge in [-0.25, -0.2) is 0 Å². The van der Waals surface area contributed by atoms with Crippen LogP contribution in [0.1, 0.15) is 37.0 Å². The number of carboxylic acids is 1. The average Bonchev–Trinajstić information content (AvgIpc) is 2.65. The van der Waals surface area contributed by atoms with E-state index in [0.717, 1.165) is 29.0 Å². The number of alkyl halides is 3. The summed E-state index contributed by atoms with van der Waals surface area (Å²) >= 11 is 0. The van der Waals surface area contributed by atoms with Gasteiger partial charge in [-0.15, -0.1) is 0 Å². The molecule has 1 N–H and O–H groups in total. The number of hydrogen-bond donors (Lipinski definition) is 1.